The Hall–Kier alpha value is -3.43. The molecule has 28 heavy (non-hydrogen) atoms. The molecule has 0 aliphatic heterocycles. The van der Waals surface area contributed by atoms with Gasteiger partial charge in [-0.1, -0.05) is 66.2 Å². The Bertz CT molecular complexity index is 1370. The van der Waals surface area contributed by atoms with E-state index in [4.69, 9.17) is 11.6 Å². The van der Waals surface area contributed by atoms with E-state index in [-0.39, 0.29) is 5.75 Å². The first kappa shape index (κ1) is 16.7. The van der Waals surface area contributed by atoms with Crippen LogP contribution in [-0.4, -0.2) is 17.5 Å². The molecule has 0 saturated carbocycles. The zero-order valence-electron chi connectivity index (χ0n) is 14.8. The van der Waals surface area contributed by atoms with Crippen molar-refractivity contribution in [2.45, 2.75) is 0 Å². The van der Waals surface area contributed by atoms with Gasteiger partial charge in [0.1, 0.15) is 5.75 Å². The predicted octanol–water partition coefficient (Wildman–Crippen LogP) is 6.40. The zero-order chi connectivity index (χ0) is 19.1. The molecule has 0 amide bonds. The number of rotatable bonds is 3. The van der Waals surface area contributed by atoms with Gasteiger partial charge >= 0.3 is 0 Å². The Labute approximate surface area is 166 Å². The van der Waals surface area contributed by atoms with Crippen molar-refractivity contribution in [1.82, 2.24) is 0 Å². The first-order chi connectivity index (χ1) is 13.7. The molecule has 0 heterocycles. The van der Waals surface area contributed by atoms with E-state index in [0.717, 1.165) is 10.9 Å². The van der Waals surface area contributed by atoms with E-state index in [1.165, 1.54) is 39.2 Å². The van der Waals surface area contributed by atoms with Crippen molar-refractivity contribution in [3.63, 3.8) is 0 Å². The van der Waals surface area contributed by atoms with E-state index in [9.17, 15) is 5.11 Å². The summed E-state index contributed by atoms with van der Waals surface area (Å²) in [7, 11) is 0. The van der Waals surface area contributed by atoms with Crippen LogP contribution in [0, 0.1) is 0 Å². The van der Waals surface area contributed by atoms with Gasteiger partial charge in [0.25, 0.3) is 0 Å². The van der Waals surface area contributed by atoms with Crippen molar-refractivity contribution >= 4 is 56.3 Å². The molecule has 0 aliphatic rings. The van der Waals surface area contributed by atoms with Crippen molar-refractivity contribution in [3.05, 3.63) is 88.9 Å². The van der Waals surface area contributed by atoms with Crippen LogP contribution in [0.5, 0.6) is 5.75 Å². The molecular weight excluding hydrogens is 368 g/mol. The van der Waals surface area contributed by atoms with E-state index in [1.807, 2.05) is 0 Å². The third kappa shape index (κ3) is 2.77. The van der Waals surface area contributed by atoms with E-state index in [2.05, 4.69) is 64.8 Å². The number of aromatic hydroxyl groups is 1. The van der Waals surface area contributed by atoms with E-state index in [0.29, 0.717) is 10.6 Å². The van der Waals surface area contributed by atoms with Gasteiger partial charge in [0.05, 0.1) is 12.4 Å². The number of benzene rings is 5. The normalized spacial score (nSPS) is 12.3. The van der Waals surface area contributed by atoms with E-state index in [1.54, 1.807) is 18.3 Å². The van der Waals surface area contributed by atoms with Crippen LogP contribution in [0.2, 0.25) is 5.02 Å². The third-order valence-corrected chi connectivity index (χ3v) is 5.25. The Morgan fingerprint density at radius 2 is 1.32 bits per heavy atom. The van der Waals surface area contributed by atoms with E-state index < -0.39 is 0 Å². The molecule has 1 N–H and O–H groups in total. The third-order valence-electron chi connectivity index (χ3n) is 5.01. The standard InChI is InChI=1S/C24H15ClN2O/c25-20-9-11-22(28)19(12-20)14-27-26-13-18-7-6-17-5-4-15-2-1-3-16-8-10-21(18)24(17)23(15)16/h1-14,28H/b26-13+,27-14+. The lowest BCUT2D eigenvalue weighted by atomic mass is 9.92. The van der Waals surface area contributed by atoms with Crippen LogP contribution in [0.4, 0.5) is 0 Å². The quantitative estimate of drug-likeness (QED) is 0.219. The highest BCUT2D eigenvalue weighted by molar-refractivity contribution is 6.31. The van der Waals surface area contributed by atoms with Crippen molar-refractivity contribution in [3.8, 4) is 5.75 Å². The molecule has 0 atom stereocenters. The molecular formula is C24H15ClN2O. The number of phenolic OH excluding ortho intramolecular Hbond substituents is 1. The first-order valence-electron chi connectivity index (χ1n) is 8.92. The summed E-state index contributed by atoms with van der Waals surface area (Å²) in [4.78, 5) is 0. The minimum atomic E-state index is 0.117. The summed E-state index contributed by atoms with van der Waals surface area (Å²) >= 11 is 5.95. The highest BCUT2D eigenvalue weighted by Gasteiger charge is 2.09. The van der Waals surface area contributed by atoms with Gasteiger partial charge in [-0.25, -0.2) is 0 Å². The molecule has 0 unspecified atom stereocenters. The van der Waals surface area contributed by atoms with Gasteiger partial charge in [-0.05, 0) is 50.5 Å². The van der Waals surface area contributed by atoms with Gasteiger partial charge in [-0.15, -0.1) is 0 Å². The molecule has 0 bridgehead atoms. The van der Waals surface area contributed by atoms with Crippen LogP contribution in [0.15, 0.2) is 83.0 Å². The number of nitrogens with zero attached hydrogens (tertiary/aromatic N) is 2. The summed E-state index contributed by atoms with van der Waals surface area (Å²) < 4.78 is 0. The lowest BCUT2D eigenvalue weighted by molar-refractivity contribution is 0.474. The average Bonchev–Trinajstić information content (AvgIpc) is 2.72. The second-order valence-electron chi connectivity index (χ2n) is 6.70. The van der Waals surface area contributed by atoms with Crippen LogP contribution in [0.1, 0.15) is 11.1 Å². The fourth-order valence-electron chi connectivity index (χ4n) is 3.69. The SMILES string of the molecule is Oc1ccc(Cl)cc1/C=N/N=C/c1ccc2ccc3cccc4ccc1c2c34. The summed E-state index contributed by atoms with van der Waals surface area (Å²) in [6.45, 7) is 0. The Balaban J connectivity index is 1.58. The lowest BCUT2D eigenvalue weighted by Gasteiger charge is -2.11. The minimum Gasteiger partial charge on any atom is -0.507 e. The molecule has 5 aromatic carbocycles. The van der Waals surface area contributed by atoms with Crippen LogP contribution in [0.3, 0.4) is 0 Å². The fourth-order valence-corrected chi connectivity index (χ4v) is 3.87. The van der Waals surface area contributed by atoms with Crippen molar-refractivity contribution in [2.75, 3.05) is 0 Å². The monoisotopic (exact) mass is 382 g/mol. The number of phenols is 1. The highest BCUT2D eigenvalue weighted by Crippen LogP contribution is 2.35. The van der Waals surface area contributed by atoms with Crippen LogP contribution < -0.4 is 0 Å². The maximum absolute atomic E-state index is 9.85. The van der Waals surface area contributed by atoms with Gasteiger partial charge in [0.15, 0.2) is 0 Å². The topological polar surface area (TPSA) is 45.0 Å². The maximum atomic E-state index is 9.85. The Morgan fingerprint density at radius 3 is 2.11 bits per heavy atom. The number of hydrogen-bond acceptors (Lipinski definition) is 3. The second-order valence-corrected chi connectivity index (χ2v) is 7.14. The largest absolute Gasteiger partial charge is 0.507 e. The summed E-state index contributed by atoms with van der Waals surface area (Å²) in [5.41, 5.74) is 1.53. The van der Waals surface area contributed by atoms with Crippen LogP contribution in [0.25, 0.3) is 32.3 Å². The molecule has 5 aromatic rings. The van der Waals surface area contributed by atoms with Gasteiger partial charge in [-0.3, -0.25) is 0 Å². The van der Waals surface area contributed by atoms with Gasteiger partial charge in [0, 0.05) is 16.1 Å². The van der Waals surface area contributed by atoms with E-state index >= 15 is 0 Å². The van der Waals surface area contributed by atoms with Crippen LogP contribution in [-0.2, 0) is 0 Å². The second kappa shape index (κ2) is 6.63. The molecule has 3 nitrogen and oxygen atoms in total. The van der Waals surface area contributed by atoms with Crippen LogP contribution >= 0.6 is 11.6 Å². The minimum absolute atomic E-state index is 0.117. The lowest BCUT2D eigenvalue weighted by Crippen LogP contribution is -1.89. The van der Waals surface area contributed by atoms with Crippen molar-refractivity contribution < 1.29 is 5.11 Å². The molecule has 134 valence electrons. The summed E-state index contributed by atoms with van der Waals surface area (Å²) in [5, 5.41) is 26.0. The zero-order valence-corrected chi connectivity index (χ0v) is 15.6. The molecule has 0 radical (unpaired) electrons. The van der Waals surface area contributed by atoms with Gasteiger partial charge < -0.3 is 5.11 Å². The molecule has 0 spiro atoms. The van der Waals surface area contributed by atoms with Crippen molar-refractivity contribution in [1.29, 1.82) is 0 Å². The fraction of sp³-hybridized carbons (Fsp3) is 0. The molecule has 0 aromatic heterocycles. The molecule has 0 fully saturated rings. The number of halogens is 1. The van der Waals surface area contributed by atoms with Gasteiger partial charge in [-0.2, -0.15) is 10.2 Å². The Morgan fingerprint density at radius 1 is 0.679 bits per heavy atom. The summed E-state index contributed by atoms with van der Waals surface area (Å²) in [6, 6.07) is 24.0. The Kier molecular flexibility index (Phi) is 3.96. The van der Waals surface area contributed by atoms with Crippen molar-refractivity contribution in [2.24, 2.45) is 10.2 Å². The van der Waals surface area contributed by atoms with Gasteiger partial charge in [0.2, 0.25) is 0 Å². The molecule has 0 saturated heterocycles. The number of hydrogen-bond donors (Lipinski definition) is 1. The summed E-state index contributed by atoms with van der Waals surface area (Å²) in [5.74, 6) is 0.117. The first-order valence-corrected chi connectivity index (χ1v) is 9.30. The average molecular weight is 383 g/mol. The molecule has 5 rings (SSSR count). The molecule has 4 heteroatoms. The highest BCUT2D eigenvalue weighted by atomic mass is 35.5. The smallest absolute Gasteiger partial charge is 0.124 e. The maximum Gasteiger partial charge on any atom is 0.124 e. The summed E-state index contributed by atoms with van der Waals surface area (Å²) in [6.07, 6.45) is 3.23. The molecule has 0 aliphatic carbocycles. The predicted molar refractivity (Wildman–Crippen MR) is 118 cm³/mol.